The molecular weight excluding hydrogens is 298 g/mol. The minimum atomic E-state index is -0.540. The molecule has 0 fully saturated rings. The van der Waals surface area contributed by atoms with Gasteiger partial charge in [0, 0.05) is 13.2 Å². The SMILES string of the molecule is CCCO[C@@H](C)C(=O)NCCn1[nH]c(=O)c2ccccc2c1=O. The van der Waals surface area contributed by atoms with Crippen LogP contribution in [-0.4, -0.2) is 34.9 Å². The van der Waals surface area contributed by atoms with Gasteiger partial charge in [-0.25, -0.2) is 4.68 Å². The summed E-state index contributed by atoms with van der Waals surface area (Å²) in [6, 6.07) is 6.64. The monoisotopic (exact) mass is 319 g/mol. The van der Waals surface area contributed by atoms with E-state index in [4.69, 9.17) is 4.74 Å². The highest BCUT2D eigenvalue weighted by Crippen LogP contribution is 2.02. The van der Waals surface area contributed by atoms with Gasteiger partial charge in [0.1, 0.15) is 6.10 Å². The van der Waals surface area contributed by atoms with Crippen LogP contribution in [0.4, 0.5) is 0 Å². The van der Waals surface area contributed by atoms with Crippen molar-refractivity contribution in [2.24, 2.45) is 0 Å². The highest BCUT2D eigenvalue weighted by atomic mass is 16.5. The van der Waals surface area contributed by atoms with E-state index >= 15 is 0 Å². The second kappa shape index (κ2) is 7.73. The predicted molar refractivity (Wildman–Crippen MR) is 87.5 cm³/mol. The molecule has 0 saturated carbocycles. The molecule has 0 unspecified atom stereocenters. The van der Waals surface area contributed by atoms with Crippen LogP contribution in [0.3, 0.4) is 0 Å². The smallest absolute Gasteiger partial charge is 0.273 e. The van der Waals surface area contributed by atoms with Crippen molar-refractivity contribution in [2.75, 3.05) is 13.2 Å². The third-order valence-electron chi connectivity index (χ3n) is 3.46. The van der Waals surface area contributed by atoms with Crippen LogP contribution >= 0.6 is 0 Å². The lowest BCUT2D eigenvalue weighted by Crippen LogP contribution is -2.39. The molecular formula is C16H21N3O4. The molecule has 1 atom stereocenters. The number of carbonyl (C=O) groups is 1. The summed E-state index contributed by atoms with van der Waals surface area (Å²) in [6.07, 6.45) is 0.299. The number of nitrogens with zero attached hydrogens (tertiary/aromatic N) is 1. The molecule has 1 aromatic heterocycles. The van der Waals surface area contributed by atoms with Gasteiger partial charge in [-0.15, -0.1) is 0 Å². The van der Waals surface area contributed by atoms with E-state index in [1.54, 1.807) is 31.2 Å². The Labute approximate surface area is 133 Å². The van der Waals surface area contributed by atoms with Gasteiger partial charge in [-0.2, -0.15) is 0 Å². The number of ether oxygens (including phenoxy) is 1. The average molecular weight is 319 g/mol. The molecule has 0 bridgehead atoms. The van der Waals surface area contributed by atoms with E-state index < -0.39 is 6.10 Å². The third-order valence-corrected chi connectivity index (χ3v) is 3.46. The van der Waals surface area contributed by atoms with E-state index in [0.717, 1.165) is 6.42 Å². The van der Waals surface area contributed by atoms with Gasteiger partial charge in [-0.05, 0) is 25.5 Å². The molecule has 1 amide bonds. The molecule has 23 heavy (non-hydrogen) atoms. The van der Waals surface area contributed by atoms with Gasteiger partial charge in [0.05, 0.1) is 17.3 Å². The zero-order valence-electron chi connectivity index (χ0n) is 13.3. The summed E-state index contributed by atoms with van der Waals surface area (Å²) in [5.41, 5.74) is -0.615. The molecule has 2 rings (SSSR count). The van der Waals surface area contributed by atoms with Gasteiger partial charge in [0.15, 0.2) is 0 Å². The molecule has 0 aliphatic carbocycles. The van der Waals surface area contributed by atoms with Crippen LogP contribution in [0.2, 0.25) is 0 Å². The van der Waals surface area contributed by atoms with Gasteiger partial charge in [-0.1, -0.05) is 19.1 Å². The van der Waals surface area contributed by atoms with Crippen molar-refractivity contribution >= 4 is 16.7 Å². The number of nitrogens with one attached hydrogen (secondary N) is 2. The summed E-state index contributed by atoms with van der Waals surface area (Å²) in [4.78, 5) is 36.0. The molecule has 2 N–H and O–H groups in total. The van der Waals surface area contributed by atoms with Gasteiger partial charge < -0.3 is 10.1 Å². The molecule has 0 aliphatic heterocycles. The molecule has 7 nitrogen and oxygen atoms in total. The first-order valence-electron chi connectivity index (χ1n) is 7.65. The first kappa shape index (κ1) is 17.0. The van der Waals surface area contributed by atoms with Crippen molar-refractivity contribution in [1.29, 1.82) is 0 Å². The summed E-state index contributed by atoms with van der Waals surface area (Å²) < 4.78 is 6.53. The largest absolute Gasteiger partial charge is 0.369 e. The Kier molecular flexibility index (Phi) is 5.70. The Hall–Kier alpha value is -2.41. The third kappa shape index (κ3) is 4.07. The maximum Gasteiger partial charge on any atom is 0.273 e. The molecule has 0 spiro atoms. The minimum absolute atomic E-state index is 0.186. The van der Waals surface area contributed by atoms with Crippen LogP contribution in [0.1, 0.15) is 20.3 Å². The Morgan fingerprint density at radius 1 is 1.30 bits per heavy atom. The summed E-state index contributed by atoms with van der Waals surface area (Å²) in [5, 5.41) is 5.93. The molecule has 124 valence electrons. The average Bonchev–Trinajstić information content (AvgIpc) is 2.56. The van der Waals surface area contributed by atoms with Crippen molar-refractivity contribution in [2.45, 2.75) is 32.9 Å². The van der Waals surface area contributed by atoms with Crippen LogP contribution in [0, 0.1) is 0 Å². The second-order valence-electron chi connectivity index (χ2n) is 5.25. The second-order valence-corrected chi connectivity index (χ2v) is 5.25. The highest BCUT2D eigenvalue weighted by molar-refractivity contribution is 5.80. The number of benzene rings is 1. The van der Waals surface area contributed by atoms with E-state index in [1.807, 2.05) is 6.92 Å². The van der Waals surface area contributed by atoms with Crippen molar-refractivity contribution in [3.8, 4) is 0 Å². The van der Waals surface area contributed by atoms with E-state index in [9.17, 15) is 14.4 Å². The zero-order valence-corrected chi connectivity index (χ0v) is 13.3. The number of hydrogen-bond acceptors (Lipinski definition) is 4. The van der Waals surface area contributed by atoms with Gasteiger partial charge in [-0.3, -0.25) is 19.5 Å². The van der Waals surface area contributed by atoms with Crippen molar-refractivity contribution in [1.82, 2.24) is 15.1 Å². The number of hydrogen-bond donors (Lipinski definition) is 2. The molecule has 0 saturated heterocycles. The number of carbonyl (C=O) groups excluding carboxylic acids is 1. The number of amides is 1. The van der Waals surface area contributed by atoms with E-state index in [-0.39, 0.29) is 30.1 Å². The molecule has 0 aliphatic rings. The molecule has 1 heterocycles. The first-order chi connectivity index (χ1) is 11.0. The summed E-state index contributed by atoms with van der Waals surface area (Å²) in [6.45, 7) is 4.58. The number of aromatic amines is 1. The van der Waals surface area contributed by atoms with Crippen LogP contribution in [0.15, 0.2) is 33.9 Å². The van der Waals surface area contributed by atoms with Crippen molar-refractivity contribution in [3.05, 3.63) is 45.0 Å². The Bertz CT molecular complexity index is 794. The number of aromatic nitrogens is 2. The number of fused-ring (bicyclic) bond motifs is 1. The maximum atomic E-state index is 12.3. The summed E-state index contributed by atoms with van der Waals surface area (Å²) >= 11 is 0. The lowest BCUT2D eigenvalue weighted by Gasteiger charge is -2.13. The fourth-order valence-electron chi connectivity index (χ4n) is 2.21. The molecule has 1 aromatic carbocycles. The minimum Gasteiger partial charge on any atom is -0.369 e. The first-order valence-corrected chi connectivity index (χ1v) is 7.65. The summed E-state index contributed by atoms with van der Waals surface area (Å²) in [7, 11) is 0. The van der Waals surface area contributed by atoms with Crippen molar-refractivity contribution < 1.29 is 9.53 Å². The number of rotatable bonds is 7. The predicted octanol–water partition coefficient (Wildman–Crippen LogP) is 0.621. The van der Waals surface area contributed by atoms with E-state index in [1.165, 1.54) is 4.68 Å². The Balaban J connectivity index is 2.03. The fourth-order valence-corrected chi connectivity index (χ4v) is 2.21. The zero-order chi connectivity index (χ0) is 16.8. The summed E-state index contributed by atoms with van der Waals surface area (Å²) in [5.74, 6) is -0.241. The van der Waals surface area contributed by atoms with Gasteiger partial charge in [0.25, 0.3) is 11.1 Å². The van der Waals surface area contributed by atoms with Crippen LogP contribution in [-0.2, 0) is 16.1 Å². The quantitative estimate of drug-likeness (QED) is 0.782. The van der Waals surface area contributed by atoms with E-state index in [2.05, 4.69) is 10.4 Å². The molecule has 7 heteroatoms. The van der Waals surface area contributed by atoms with Crippen LogP contribution in [0.25, 0.3) is 10.8 Å². The van der Waals surface area contributed by atoms with Gasteiger partial charge in [0.2, 0.25) is 5.91 Å². The topological polar surface area (TPSA) is 93.2 Å². The van der Waals surface area contributed by atoms with Crippen LogP contribution < -0.4 is 16.4 Å². The normalized spacial score (nSPS) is 12.3. The number of H-pyrrole nitrogens is 1. The van der Waals surface area contributed by atoms with Crippen LogP contribution in [0.5, 0.6) is 0 Å². The van der Waals surface area contributed by atoms with Crippen molar-refractivity contribution in [3.63, 3.8) is 0 Å². The lowest BCUT2D eigenvalue weighted by molar-refractivity contribution is -0.131. The fraction of sp³-hybridized carbons (Fsp3) is 0.438. The lowest BCUT2D eigenvalue weighted by atomic mass is 10.2. The van der Waals surface area contributed by atoms with E-state index in [0.29, 0.717) is 17.4 Å². The molecule has 0 radical (unpaired) electrons. The Morgan fingerprint density at radius 3 is 2.70 bits per heavy atom. The maximum absolute atomic E-state index is 12.3. The standard InChI is InChI=1S/C16H21N3O4/c1-3-10-23-11(2)14(20)17-8-9-19-16(22)13-7-5-4-6-12(13)15(21)18-19/h4-7,11H,3,8-10H2,1-2H3,(H,17,20)(H,18,21)/t11-/m0/s1. The highest BCUT2D eigenvalue weighted by Gasteiger charge is 2.12. The van der Waals surface area contributed by atoms with Gasteiger partial charge >= 0.3 is 0 Å². The molecule has 2 aromatic rings. The Morgan fingerprint density at radius 2 is 2.00 bits per heavy atom.